The molecule has 12 nitrogen and oxygen atoms in total. The zero-order valence-electron chi connectivity index (χ0n) is 36.9. The first kappa shape index (κ1) is 55.3. The molecular formula is C48H56N4O8S6. The van der Waals surface area contributed by atoms with E-state index in [9.17, 15) is 19.2 Å². The van der Waals surface area contributed by atoms with Crippen LogP contribution in [0.1, 0.15) is 22.3 Å². The molecule has 0 aliphatic heterocycles. The average molecular weight is 1010 g/mol. The lowest BCUT2D eigenvalue weighted by Gasteiger charge is -2.06. The molecule has 4 N–H and O–H groups in total. The molecule has 66 heavy (non-hydrogen) atoms. The third-order valence-electron chi connectivity index (χ3n) is 9.57. The van der Waals surface area contributed by atoms with Crippen LogP contribution in [0.2, 0.25) is 0 Å². The number of hydrogen-bond acceptors (Lipinski definition) is 16. The van der Waals surface area contributed by atoms with Crippen molar-refractivity contribution in [2.45, 2.75) is 27.7 Å². The molecule has 0 aliphatic carbocycles. The van der Waals surface area contributed by atoms with Crippen LogP contribution in [0.25, 0.3) is 43.9 Å². The van der Waals surface area contributed by atoms with Crippen molar-refractivity contribution in [2.75, 3.05) is 70.5 Å². The van der Waals surface area contributed by atoms with Crippen LogP contribution in [0.15, 0.2) is 134 Å². The number of nitrogens with one attached hydrogen (secondary N) is 4. The van der Waals surface area contributed by atoms with Gasteiger partial charge in [0.05, 0.1) is 0 Å². The first-order valence-corrected chi connectivity index (χ1v) is 22.9. The fourth-order valence-electron chi connectivity index (χ4n) is 6.54. The first-order chi connectivity index (χ1) is 30.8. The maximum absolute atomic E-state index is 11.2. The molecule has 0 fully saturated rings. The monoisotopic (exact) mass is 1010 g/mol. The Morgan fingerprint density at radius 1 is 0.348 bits per heavy atom. The highest BCUT2D eigenvalue weighted by Gasteiger charge is 2.06. The molecule has 0 amide bonds. The molecule has 0 unspecified atom stereocenters. The molecule has 0 bridgehead atoms. The lowest BCUT2D eigenvalue weighted by Crippen LogP contribution is -2.03. The fourth-order valence-corrected chi connectivity index (χ4v) is 6.99. The number of anilines is 4. The van der Waals surface area contributed by atoms with Crippen LogP contribution >= 0.6 is 77.5 Å². The normalized spacial score (nSPS) is 10.3. The molecule has 4 aromatic carbocycles. The van der Waals surface area contributed by atoms with Crippen molar-refractivity contribution >= 4 is 144 Å². The average Bonchev–Trinajstić information content (AvgIpc) is 3.26. The van der Waals surface area contributed by atoms with Crippen LogP contribution < -0.4 is 43.8 Å². The van der Waals surface area contributed by atoms with Crippen molar-refractivity contribution in [2.24, 2.45) is 0 Å². The standard InChI is InChI=1S/4C12H13NO2S.2H2S/c4*1-8-6-12(14)15-11-7-9(13-4-5-16)2-3-10(8)11;;/h4*2-3,6-7,13,16H,4-5H2,1H3;2*1H2. The Bertz CT molecular complexity index is 2670. The van der Waals surface area contributed by atoms with E-state index in [0.29, 0.717) is 22.3 Å². The minimum atomic E-state index is -0.309. The number of thiol groups is 4. The Kier molecular flexibility index (Phi) is 23.2. The van der Waals surface area contributed by atoms with E-state index >= 15 is 0 Å². The van der Waals surface area contributed by atoms with Crippen molar-refractivity contribution < 1.29 is 17.7 Å². The summed E-state index contributed by atoms with van der Waals surface area (Å²) in [6.07, 6.45) is 0. The van der Waals surface area contributed by atoms with Crippen molar-refractivity contribution in [1.82, 2.24) is 0 Å². The van der Waals surface area contributed by atoms with Crippen molar-refractivity contribution in [3.05, 3.63) is 161 Å². The Labute approximate surface area is 418 Å². The summed E-state index contributed by atoms with van der Waals surface area (Å²) >= 11 is 16.5. The minimum Gasteiger partial charge on any atom is -0.423 e. The molecule has 0 aliphatic rings. The minimum absolute atomic E-state index is 0. The Balaban J connectivity index is 0.000000231. The summed E-state index contributed by atoms with van der Waals surface area (Å²) in [7, 11) is 0. The van der Waals surface area contributed by atoms with E-state index in [4.69, 9.17) is 17.7 Å². The largest absolute Gasteiger partial charge is 0.423 e. The van der Waals surface area contributed by atoms with Gasteiger partial charge in [0.25, 0.3) is 0 Å². The second-order valence-corrected chi connectivity index (χ2v) is 16.2. The highest BCUT2D eigenvalue weighted by Crippen LogP contribution is 2.24. The van der Waals surface area contributed by atoms with E-state index < -0.39 is 0 Å². The molecule has 0 radical (unpaired) electrons. The molecule has 8 rings (SSSR count). The van der Waals surface area contributed by atoms with Crippen molar-refractivity contribution in [3.8, 4) is 0 Å². The number of benzene rings is 4. The maximum atomic E-state index is 11.2. The van der Waals surface area contributed by atoms with E-state index in [1.165, 1.54) is 24.3 Å². The van der Waals surface area contributed by atoms with E-state index in [1.807, 2.05) is 100 Å². The van der Waals surface area contributed by atoms with Crippen molar-refractivity contribution in [3.63, 3.8) is 0 Å². The van der Waals surface area contributed by atoms with Gasteiger partial charge in [-0.1, -0.05) is 0 Å². The van der Waals surface area contributed by atoms with Gasteiger partial charge in [0.1, 0.15) is 22.3 Å². The van der Waals surface area contributed by atoms with Gasteiger partial charge < -0.3 is 38.9 Å². The predicted octanol–water partition coefficient (Wildman–Crippen LogP) is 10.00. The molecule has 4 aromatic heterocycles. The van der Waals surface area contributed by atoms with E-state index in [1.54, 1.807) is 0 Å². The first-order valence-electron chi connectivity index (χ1n) is 20.4. The molecule has 4 heterocycles. The summed E-state index contributed by atoms with van der Waals surface area (Å²) in [4.78, 5) is 44.9. The number of aryl methyl sites for hydroxylation is 4. The number of rotatable bonds is 12. The highest BCUT2D eigenvalue weighted by molar-refractivity contribution is 7.80. The lowest BCUT2D eigenvalue weighted by molar-refractivity contribution is 0.559. The van der Waals surface area contributed by atoms with Gasteiger partial charge in [-0.15, -0.1) is 0 Å². The topological polar surface area (TPSA) is 169 Å². The molecule has 8 aromatic rings. The zero-order valence-corrected chi connectivity index (χ0v) is 42.5. The second-order valence-electron chi connectivity index (χ2n) is 14.4. The fraction of sp³-hybridized carbons (Fsp3) is 0.250. The Morgan fingerprint density at radius 3 is 0.727 bits per heavy atom. The molecule has 0 saturated carbocycles. The van der Waals surface area contributed by atoms with Gasteiger partial charge in [0, 0.05) is 142 Å². The highest BCUT2D eigenvalue weighted by atomic mass is 32.1. The van der Waals surface area contributed by atoms with Gasteiger partial charge in [-0.05, 0) is 98.5 Å². The second kappa shape index (κ2) is 27.6. The SMILES string of the molecule is Cc1cc(=O)oc2cc(NCCS)ccc12.Cc1cc(=O)oc2cc(NCCS)ccc12.Cc1cc(=O)oc2cc(NCCS)ccc12.Cc1cc(=O)oc2cc(NCCS)ccc12.S.S. The number of fused-ring (bicyclic) bond motifs is 4. The lowest BCUT2D eigenvalue weighted by atomic mass is 10.1. The third kappa shape index (κ3) is 16.1. The van der Waals surface area contributed by atoms with Gasteiger partial charge in [-0.2, -0.15) is 77.5 Å². The van der Waals surface area contributed by atoms with Crippen LogP contribution in [0.3, 0.4) is 0 Å². The predicted molar refractivity (Wildman–Crippen MR) is 299 cm³/mol. The van der Waals surface area contributed by atoms with Crippen molar-refractivity contribution in [1.29, 1.82) is 0 Å². The van der Waals surface area contributed by atoms with Gasteiger partial charge in [-0.25, -0.2) is 19.2 Å². The summed E-state index contributed by atoms with van der Waals surface area (Å²) < 4.78 is 20.6. The van der Waals surface area contributed by atoms with Crippen LogP contribution in [0, 0.1) is 27.7 Å². The molecule has 18 heteroatoms. The quantitative estimate of drug-likeness (QED) is 0.0432. The van der Waals surface area contributed by atoms with E-state index in [2.05, 4.69) is 71.8 Å². The van der Waals surface area contributed by atoms with E-state index in [-0.39, 0.29) is 49.5 Å². The van der Waals surface area contributed by atoms with E-state index in [0.717, 1.165) is 116 Å². The maximum Gasteiger partial charge on any atom is 0.336 e. The van der Waals surface area contributed by atoms with Crippen LogP contribution in [0.5, 0.6) is 0 Å². The van der Waals surface area contributed by atoms with Gasteiger partial charge in [0.2, 0.25) is 0 Å². The Hall–Kier alpha value is -4.98. The van der Waals surface area contributed by atoms with Gasteiger partial charge >= 0.3 is 22.5 Å². The molecule has 0 saturated heterocycles. The molecule has 0 spiro atoms. The van der Waals surface area contributed by atoms with Crippen LogP contribution in [-0.4, -0.2) is 49.2 Å². The summed E-state index contributed by atoms with van der Waals surface area (Å²) in [6, 6.07) is 29.1. The molecule has 352 valence electrons. The Morgan fingerprint density at radius 2 is 0.545 bits per heavy atom. The smallest absolute Gasteiger partial charge is 0.336 e. The summed E-state index contributed by atoms with van der Waals surface area (Å²) in [6.45, 7) is 10.7. The summed E-state index contributed by atoms with van der Waals surface area (Å²) in [5.74, 6) is 3.04. The molecule has 0 atom stereocenters. The van der Waals surface area contributed by atoms with Gasteiger partial charge in [0.15, 0.2) is 0 Å². The summed E-state index contributed by atoms with van der Waals surface area (Å²) in [5, 5.41) is 16.6. The number of hydrogen-bond donors (Lipinski definition) is 8. The zero-order chi connectivity index (χ0) is 46.2. The van der Waals surface area contributed by atoms with Gasteiger partial charge in [-0.3, -0.25) is 0 Å². The van der Waals surface area contributed by atoms with Crippen LogP contribution in [0.4, 0.5) is 22.7 Å². The summed E-state index contributed by atoms with van der Waals surface area (Å²) in [5.41, 5.74) is 8.75. The molecular weight excluding hydrogens is 953 g/mol. The third-order valence-corrected chi connectivity index (χ3v) is 10.5. The van der Waals surface area contributed by atoms with Crippen LogP contribution in [-0.2, 0) is 0 Å².